The molecule has 1 heterocycles. The van der Waals surface area contributed by atoms with Crippen LogP contribution in [0.4, 0.5) is 0 Å². The first-order valence-electron chi connectivity index (χ1n) is 5.57. The molecular weight excluding hydrogens is 200 g/mol. The first-order chi connectivity index (χ1) is 7.92. The van der Waals surface area contributed by atoms with Crippen LogP contribution in [0.3, 0.4) is 0 Å². The number of nitrogens with one attached hydrogen (secondary N) is 1. The molecule has 2 aromatic rings. The number of likely N-dealkylation sites (N-methyl/N-ethyl adjacent to an activating group) is 1. The fourth-order valence-electron chi connectivity index (χ4n) is 1.61. The Kier molecular flexibility index (Phi) is 3.66. The van der Waals surface area contributed by atoms with Gasteiger partial charge in [-0.3, -0.25) is 4.57 Å². The van der Waals surface area contributed by atoms with E-state index in [1.807, 2.05) is 22.8 Å². The third-order valence-corrected chi connectivity index (χ3v) is 2.43. The largest absolute Gasteiger partial charge is 0.317 e. The number of hydrogen-bond donors (Lipinski definition) is 1. The van der Waals surface area contributed by atoms with Crippen molar-refractivity contribution in [3.05, 3.63) is 42.5 Å². The molecule has 0 aliphatic carbocycles. The van der Waals surface area contributed by atoms with Gasteiger partial charge in [0, 0.05) is 18.7 Å². The van der Waals surface area contributed by atoms with Crippen molar-refractivity contribution < 1.29 is 0 Å². The average molecular weight is 216 g/mol. The minimum Gasteiger partial charge on any atom is -0.317 e. The predicted molar refractivity (Wildman–Crippen MR) is 63.6 cm³/mol. The van der Waals surface area contributed by atoms with Crippen molar-refractivity contribution in [2.45, 2.75) is 13.3 Å². The molecule has 0 atom stereocenters. The van der Waals surface area contributed by atoms with E-state index in [1.165, 1.54) is 0 Å². The zero-order valence-electron chi connectivity index (χ0n) is 9.43. The quantitative estimate of drug-likeness (QED) is 0.769. The molecule has 0 unspecified atom stereocenters. The van der Waals surface area contributed by atoms with Crippen LogP contribution >= 0.6 is 0 Å². The van der Waals surface area contributed by atoms with E-state index in [-0.39, 0.29) is 0 Å². The van der Waals surface area contributed by atoms with Gasteiger partial charge in [-0.15, -0.1) is 10.2 Å². The number of para-hydroxylation sites is 1. The topological polar surface area (TPSA) is 42.7 Å². The zero-order valence-corrected chi connectivity index (χ0v) is 9.43. The lowest BCUT2D eigenvalue weighted by Gasteiger charge is -2.06. The Morgan fingerprint density at radius 2 is 2.06 bits per heavy atom. The van der Waals surface area contributed by atoms with Gasteiger partial charge in [0.1, 0.15) is 12.2 Å². The van der Waals surface area contributed by atoms with Crippen molar-refractivity contribution in [1.29, 1.82) is 0 Å². The third kappa shape index (κ3) is 2.46. The minimum absolute atomic E-state index is 0.892. The van der Waals surface area contributed by atoms with Crippen LogP contribution in [0.5, 0.6) is 0 Å². The fourth-order valence-corrected chi connectivity index (χ4v) is 1.61. The van der Waals surface area contributed by atoms with Crippen molar-refractivity contribution in [2.75, 3.05) is 13.1 Å². The van der Waals surface area contributed by atoms with Gasteiger partial charge in [0.15, 0.2) is 0 Å². The summed E-state index contributed by atoms with van der Waals surface area (Å²) in [7, 11) is 0. The Labute approximate surface area is 95.3 Å². The maximum absolute atomic E-state index is 4.14. The molecular formula is C12H16N4. The van der Waals surface area contributed by atoms with Gasteiger partial charge in [-0.05, 0) is 18.7 Å². The monoisotopic (exact) mass is 216 g/mol. The lowest BCUT2D eigenvalue weighted by molar-refractivity contribution is 0.687. The van der Waals surface area contributed by atoms with Crippen LogP contribution < -0.4 is 5.32 Å². The molecule has 1 aromatic carbocycles. The maximum atomic E-state index is 4.14. The molecule has 1 N–H and O–H groups in total. The number of rotatable bonds is 5. The van der Waals surface area contributed by atoms with Crippen molar-refractivity contribution in [3.63, 3.8) is 0 Å². The Bertz CT molecular complexity index is 422. The fraction of sp³-hybridized carbons (Fsp3) is 0.333. The normalized spacial score (nSPS) is 10.6. The lowest BCUT2D eigenvalue weighted by atomic mass is 10.3. The highest BCUT2D eigenvalue weighted by atomic mass is 15.3. The summed E-state index contributed by atoms with van der Waals surface area (Å²) in [6.45, 7) is 4.02. The molecule has 0 saturated carbocycles. The summed E-state index contributed by atoms with van der Waals surface area (Å²) in [6.07, 6.45) is 2.65. The Balaban J connectivity index is 2.13. The molecule has 0 fully saturated rings. The van der Waals surface area contributed by atoms with Gasteiger partial charge in [-0.2, -0.15) is 0 Å². The zero-order chi connectivity index (χ0) is 11.2. The summed E-state index contributed by atoms with van der Waals surface area (Å²) in [4.78, 5) is 0. The summed E-state index contributed by atoms with van der Waals surface area (Å²) in [5.41, 5.74) is 1.11. The van der Waals surface area contributed by atoms with E-state index in [9.17, 15) is 0 Å². The van der Waals surface area contributed by atoms with Gasteiger partial charge >= 0.3 is 0 Å². The summed E-state index contributed by atoms with van der Waals surface area (Å²) >= 11 is 0. The van der Waals surface area contributed by atoms with Crippen LogP contribution in [-0.2, 0) is 6.42 Å². The molecule has 84 valence electrons. The number of hydrogen-bond acceptors (Lipinski definition) is 3. The van der Waals surface area contributed by atoms with E-state index in [1.54, 1.807) is 6.33 Å². The molecule has 0 aliphatic heterocycles. The van der Waals surface area contributed by atoms with E-state index >= 15 is 0 Å². The van der Waals surface area contributed by atoms with Crippen molar-refractivity contribution in [2.24, 2.45) is 0 Å². The van der Waals surface area contributed by atoms with Crippen molar-refractivity contribution in [3.8, 4) is 5.69 Å². The second-order valence-corrected chi connectivity index (χ2v) is 3.56. The van der Waals surface area contributed by atoms with Gasteiger partial charge < -0.3 is 5.32 Å². The average Bonchev–Trinajstić information content (AvgIpc) is 2.79. The molecule has 0 spiro atoms. The van der Waals surface area contributed by atoms with Crippen LogP contribution in [0.15, 0.2) is 36.7 Å². The molecule has 0 amide bonds. The lowest BCUT2D eigenvalue weighted by Crippen LogP contribution is -2.17. The number of aromatic nitrogens is 3. The smallest absolute Gasteiger partial charge is 0.138 e. The molecule has 0 aliphatic rings. The standard InChI is InChI=1S/C12H16N4/c1-2-13-9-8-12-15-14-10-16(12)11-6-4-3-5-7-11/h3-7,10,13H,2,8-9H2,1H3. The first kappa shape index (κ1) is 10.8. The second kappa shape index (κ2) is 5.42. The Morgan fingerprint density at radius 3 is 2.81 bits per heavy atom. The van der Waals surface area contributed by atoms with Crippen LogP contribution in [0, 0.1) is 0 Å². The molecule has 4 heteroatoms. The minimum atomic E-state index is 0.892. The van der Waals surface area contributed by atoms with E-state index in [0.29, 0.717) is 0 Å². The predicted octanol–water partition coefficient (Wildman–Crippen LogP) is 1.42. The highest BCUT2D eigenvalue weighted by Crippen LogP contribution is 2.08. The Hall–Kier alpha value is -1.68. The summed E-state index contributed by atoms with van der Waals surface area (Å²) in [5.74, 6) is 0.993. The summed E-state index contributed by atoms with van der Waals surface area (Å²) in [5, 5.41) is 11.4. The van der Waals surface area contributed by atoms with Crippen LogP contribution in [0.25, 0.3) is 5.69 Å². The van der Waals surface area contributed by atoms with E-state index in [4.69, 9.17) is 0 Å². The molecule has 4 nitrogen and oxygen atoms in total. The highest BCUT2D eigenvalue weighted by Gasteiger charge is 2.04. The second-order valence-electron chi connectivity index (χ2n) is 3.56. The van der Waals surface area contributed by atoms with Crippen LogP contribution in [0.1, 0.15) is 12.7 Å². The van der Waals surface area contributed by atoms with Gasteiger partial charge in [0.25, 0.3) is 0 Å². The molecule has 0 bridgehead atoms. The van der Waals surface area contributed by atoms with Gasteiger partial charge in [0.2, 0.25) is 0 Å². The molecule has 0 radical (unpaired) electrons. The van der Waals surface area contributed by atoms with Crippen LogP contribution in [-0.4, -0.2) is 27.9 Å². The SMILES string of the molecule is CCNCCc1nncn1-c1ccccc1. The van der Waals surface area contributed by atoms with E-state index in [0.717, 1.165) is 31.0 Å². The van der Waals surface area contributed by atoms with Crippen LogP contribution in [0.2, 0.25) is 0 Å². The van der Waals surface area contributed by atoms with E-state index < -0.39 is 0 Å². The van der Waals surface area contributed by atoms with Crippen molar-refractivity contribution in [1.82, 2.24) is 20.1 Å². The third-order valence-electron chi connectivity index (χ3n) is 2.43. The number of nitrogens with zero attached hydrogens (tertiary/aromatic N) is 3. The molecule has 1 aromatic heterocycles. The first-order valence-corrected chi connectivity index (χ1v) is 5.57. The maximum Gasteiger partial charge on any atom is 0.138 e. The Morgan fingerprint density at radius 1 is 1.25 bits per heavy atom. The molecule has 16 heavy (non-hydrogen) atoms. The van der Waals surface area contributed by atoms with E-state index in [2.05, 4.69) is 34.6 Å². The number of benzene rings is 1. The summed E-state index contributed by atoms with van der Waals surface area (Å²) < 4.78 is 2.03. The van der Waals surface area contributed by atoms with Crippen molar-refractivity contribution >= 4 is 0 Å². The highest BCUT2D eigenvalue weighted by molar-refractivity contribution is 5.31. The van der Waals surface area contributed by atoms with Gasteiger partial charge in [0.05, 0.1) is 0 Å². The van der Waals surface area contributed by atoms with Gasteiger partial charge in [-0.1, -0.05) is 25.1 Å². The molecule has 0 saturated heterocycles. The van der Waals surface area contributed by atoms with Gasteiger partial charge in [-0.25, -0.2) is 0 Å². The summed E-state index contributed by atoms with van der Waals surface area (Å²) in [6, 6.07) is 10.2. The molecule has 2 rings (SSSR count).